The molecule has 0 fully saturated rings. The summed E-state index contributed by atoms with van der Waals surface area (Å²) < 4.78 is 5.27. The molecule has 0 radical (unpaired) electrons. The molecule has 118 valence electrons. The maximum absolute atomic E-state index is 11.6. The molecule has 2 amide bonds. The fourth-order valence-corrected chi connectivity index (χ4v) is 1.65. The van der Waals surface area contributed by atoms with Crippen molar-refractivity contribution in [1.82, 2.24) is 10.7 Å². The van der Waals surface area contributed by atoms with Gasteiger partial charge in [-0.15, -0.1) is 0 Å². The number of nitrogens with one attached hydrogen (secondary N) is 2. The van der Waals surface area contributed by atoms with Gasteiger partial charge >= 0.3 is 0 Å². The van der Waals surface area contributed by atoms with Crippen molar-refractivity contribution in [3.63, 3.8) is 0 Å². The Morgan fingerprint density at radius 3 is 2.30 bits per heavy atom. The van der Waals surface area contributed by atoms with E-state index in [1.807, 2.05) is 48.5 Å². The first kappa shape index (κ1) is 16.2. The van der Waals surface area contributed by atoms with Gasteiger partial charge in [0.2, 0.25) is 0 Å². The summed E-state index contributed by atoms with van der Waals surface area (Å²) >= 11 is 0. The number of ether oxygens (including phenoxy) is 1. The van der Waals surface area contributed by atoms with Crippen LogP contribution in [0, 0.1) is 0 Å². The number of hydrazone groups is 1. The van der Waals surface area contributed by atoms with Gasteiger partial charge in [-0.1, -0.05) is 48.5 Å². The van der Waals surface area contributed by atoms with Crippen LogP contribution in [0.3, 0.4) is 0 Å². The third-order valence-electron chi connectivity index (χ3n) is 2.76. The SMILES string of the molecule is O=C(COc1ccccc1)NCC(=O)N/N=C\c1ccccc1. The van der Waals surface area contributed by atoms with Crippen LogP contribution < -0.4 is 15.5 Å². The molecule has 2 aromatic rings. The first-order chi connectivity index (χ1) is 11.2. The number of nitrogens with zero attached hydrogens (tertiary/aromatic N) is 1. The van der Waals surface area contributed by atoms with Gasteiger partial charge in [0.1, 0.15) is 5.75 Å². The molecule has 2 N–H and O–H groups in total. The highest BCUT2D eigenvalue weighted by molar-refractivity contribution is 5.86. The first-order valence-corrected chi connectivity index (χ1v) is 7.05. The summed E-state index contributed by atoms with van der Waals surface area (Å²) in [6.45, 7) is -0.312. The average Bonchev–Trinajstić information content (AvgIpc) is 2.60. The molecule has 0 saturated carbocycles. The van der Waals surface area contributed by atoms with Crippen LogP contribution in [0.1, 0.15) is 5.56 Å². The van der Waals surface area contributed by atoms with Crippen LogP contribution in [-0.4, -0.2) is 31.2 Å². The minimum absolute atomic E-state index is 0.148. The van der Waals surface area contributed by atoms with Crippen LogP contribution in [0.25, 0.3) is 0 Å². The minimum Gasteiger partial charge on any atom is -0.484 e. The Balaban J connectivity index is 1.64. The van der Waals surface area contributed by atoms with Crippen molar-refractivity contribution < 1.29 is 14.3 Å². The molecule has 0 aliphatic carbocycles. The molecular weight excluding hydrogens is 294 g/mol. The lowest BCUT2D eigenvalue weighted by Gasteiger charge is -2.06. The highest BCUT2D eigenvalue weighted by Crippen LogP contribution is 2.07. The van der Waals surface area contributed by atoms with Gasteiger partial charge in [0.25, 0.3) is 11.8 Å². The molecule has 0 aromatic heterocycles. The predicted molar refractivity (Wildman–Crippen MR) is 87.1 cm³/mol. The van der Waals surface area contributed by atoms with Gasteiger partial charge < -0.3 is 10.1 Å². The lowest BCUT2D eigenvalue weighted by atomic mass is 10.2. The van der Waals surface area contributed by atoms with Crippen molar-refractivity contribution >= 4 is 18.0 Å². The fourth-order valence-electron chi connectivity index (χ4n) is 1.65. The highest BCUT2D eigenvalue weighted by Gasteiger charge is 2.05. The maximum atomic E-state index is 11.6. The van der Waals surface area contributed by atoms with Crippen molar-refractivity contribution in [2.45, 2.75) is 0 Å². The normalized spacial score (nSPS) is 10.3. The van der Waals surface area contributed by atoms with E-state index in [0.29, 0.717) is 5.75 Å². The summed E-state index contributed by atoms with van der Waals surface area (Å²) in [5.41, 5.74) is 3.20. The summed E-state index contributed by atoms with van der Waals surface area (Å²) in [5, 5.41) is 6.26. The maximum Gasteiger partial charge on any atom is 0.259 e. The van der Waals surface area contributed by atoms with Crippen LogP contribution in [0.5, 0.6) is 5.75 Å². The molecule has 0 unspecified atom stereocenters. The van der Waals surface area contributed by atoms with E-state index in [-0.39, 0.29) is 19.1 Å². The number of amides is 2. The average molecular weight is 311 g/mol. The van der Waals surface area contributed by atoms with Crippen molar-refractivity contribution in [3.8, 4) is 5.75 Å². The standard InChI is InChI=1S/C17H17N3O3/c21-16(20-19-11-14-7-3-1-4-8-14)12-18-17(22)13-23-15-9-5-2-6-10-15/h1-11H,12-13H2,(H,18,22)(H,20,21)/b19-11-. The molecule has 2 rings (SSSR count). The molecule has 0 spiro atoms. The number of rotatable bonds is 7. The largest absolute Gasteiger partial charge is 0.484 e. The molecule has 0 aliphatic heterocycles. The molecule has 23 heavy (non-hydrogen) atoms. The van der Waals surface area contributed by atoms with E-state index in [0.717, 1.165) is 5.56 Å². The lowest BCUT2D eigenvalue weighted by Crippen LogP contribution is -2.37. The zero-order valence-electron chi connectivity index (χ0n) is 12.4. The Morgan fingerprint density at radius 2 is 1.61 bits per heavy atom. The molecule has 0 bridgehead atoms. The Kier molecular flexibility index (Phi) is 6.34. The van der Waals surface area contributed by atoms with Gasteiger partial charge in [0.15, 0.2) is 6.61 Å². The van der Waals surface area contributed by atoms with Gasteiger partial charge in [-0.3, -0.25) is 9.59 Å². The van der Waals surface area contributed by atoms with Crippen LogP contribution >= 0.6 is 0 Å². The van der Waals surface area contributed by atoms with E-state index < -0.39 is 5.91 Å². The molecule has 0 heterocycles. The quantitative estimate of drug-likeness (QED) is 0.598. The minimum atomic E-state index is -0.412. The van der Waals surface area contributed by atoms with E-state index >= 15 is 0 Å². The third kappa shape index (κ3) is 6.43. The van der Waals surface area contributed by atoms with Crippen LogP contribution in [-0.2, 0) is 9.59 Å². The Hall–Kier alpha value is -3.15. The zero-order chi connectivity index (χ0) is 16.3. The third-order valence-corrected chi connectivity index (χ3v) is 2.76. The molecule has 0 saturated heterocycles. The smallest absolute Gasteiger partial charge is 0.259 e. The predicted octanol–water partition coefficient (Wildman–Crippen LogP) is 1.33. The van der Waals surface area contributed by atoms with Gasteiger partial charge in [-0.05, 0) is 17.7 Å². The second-order valence-electron chi connectivity index (χ2n) is 4.58. The Bertz CT molecular complexity index is 657. The van der Waals surface area contributed by atoms with E-state index in [1.54, 1.807) is 12.1 Å². The zero-order valence-corrected chi connectivity index (χ0v) is 12.4. The van der Waals surface area contributed by atoms with Crippen molar-refractivity contribution in [3.05, 3.63) is 66.2 Å². The van der Waals surface area contributed by atoms with Crippen molar-refractivity contribution in [1.29, 1.82) is 0 Å². The summed E-state index contributed by atoms with van der Waals surface area (Å²) in [7, 11) is 0. The van der Waals surface area contributed by atoms with Crippen LogP contribution in [0.2, 0.25) is 0 Å². The van der Waals surface area contributed by atoms with E-state index in [4.69, 9.17) is 4.74 Å². The Labute approximate surface area is 134 Å². The molecular formula is C17H17N3O3. The number of carbonyl (C=O) groups is 2. The fraction of sp³-hybridized carbons (Fsp3) is 0.118. The van der Waals surface area contributed by atoms with Crippen LogP contribution in [0.4, 0.5) is 0 Å². The molecule has 0 aliphatic rings. The molecule has 6 heteroatoms. The Morgan fingerprint density at radius 1 is 0.957 bits per heavy atom. The molecule has 0 atom stereocenters. The van der Waals surface area contributed by atoms with Gasteiger partial charge in [-0.2, -0.15) is 5.10 Å². The highest BCUT2D eigenvalue weighted by atomic mass is 16.5. The van der Waals surface area contributed by atoms with Gasteiger partial charge in [-0.25, -0.2) is 5.43 Å². The molecule has 6 nitrogen and oxygen atoms in total. The number of hydrogen-bond acceptors (Lipinski definition) is 4. The lowest BCUT2D eigenvalue weighted by molar-refractivity contribution is -0.127. The summed E-state index contributed by atoms with van der Waals surface area (Å²) in [5.74, 6) is -0.194. The topological polar surface area (TPSA) is 79.8 Å². The summed E-state index contributed by atoms with van der Waals surface area (Å²) in [6, 6.07) is 18.3. The first-order valence-electron chi connectivity index (χ1n) is 7.05. The number of hydrogen-bond donors (Lipinski definition) is 2. The molecule has 2 aromatic carbocycles. The monoisotopic (exact) mass is 311 g/mol. The van der Waals surface area contributed by atoms with Crippen LogP contribution in [0.15, 0.2) is 65.8 Å². The summed E-state index contributed by atoms with van der Waals surface area (Å²) in [4.78, 5) is 23.1. The second-order valence-corrected chi connectivity index (χ2v) is 4.58. The van der Waals surface area contributed by atoms with Gasteiger partial charge in [0, 0.05) is 0 Å². The summed E-state index contributed by atoms with van der Waals surface area (Å²) in [6.07, 6.45) is 1.53. The number of para-hydroxylation sites is 1. The van der Waals surface area contributed by atoms with Crippen molar-refractivity contribution in [2.75, 3.05) is 13.2 Å². The van der Waals surface area contributed by atoms with E-state index in [2.05, 4.69) is 15.8 Å². The van der Waals surface area contributed by atoms with Gasteiger partial charge in [0.05, 0.1) is 12.8 Å². The number of carbonyl (C=O) groups excluding carboxylic acids is 2. The number of benzene rings is 2. The second kappa shape index (κ2) is 8.99. The van der Waals surface area contributed by atoms with E-state index in [1.165, 1.54) is 6.21 Å². The van der Waals surface area contributed by atoms with Crippen molar-refractivity contribution in [2.24, 2.45) is 5.10 Å². The van der Waals surface area contributed by atoms with E-state index in [9.17, 15) is 9.59 Å².